The standard InChI is InChI=1S/C26H33NO6S/c1-4-5-6-7-11-19-12-13-20(34-19)15-18(3)24(29)23-21(28)16-22(33-25(23)30)17(2)10-8-9-14-27-26(31)32/h9,12-17,27-28H,4-8,10-11H2,1-3H3,(H,31,32)/b14-9?,18-15+. The van der Waals surface area contributed by atoms with Crippen LogP contribution < -0.4 is 10.9 Å². The highest BCUT2D eigenvalue weighted by Gasteiger charge is 2.22. The molecule has 0 spiro atoms. The van der Waals surface area contributed by atoms with Gasteiger partial charge in [0.15, 0.2) is 5.78 Å². The number of hydrogen-bond donors (Lipinski definition) is 3. The monoisotopic (exact) mass is 487 g/mol. The summed E-state index contributed by atoms with van der Waals surface area (Å²) in [4.78, 5) is 38.0. The third-order valence-electron chi connectivity index (χ3n) is 5.43. The van der Waals surface area contributed by atoms with Crippen molar-refractivity contribution >= 4 is 29.3 Å². The first kappa shape index (κ1) is 27.1. The van der Waals surface area contributed by atoms with Crippen LogP contribution in [0.2, 0.25) is 0 Å². The van der Waals surface area contributed by atoms with E-state index in [2.05, 4.69) is 18.3 Å². The summed E-state index contributed by atoms with van der Waals surface area (Å²) in [5, 5.41) is 21.1. The molecule has 2 aromatic heterocycles. The Hall–Kier alpha value is -3.13. The number of ketones is 1. The number of carbonyl (C=O) groups excluding carboxylic acids is 1. The molecule has 0 bridgehead atoms. The Morgan fingerprint density at radius 1 is 1.24 bits per heavy atom. The number of hydrogen-bond acceptors (Lipinski definition) is 6. The Kier molecular flexibility index (Phi) is 10.8. The van der Waals surface area contributed by atoms with E-state index in [1.54, 1.807) is 30.4 Å². The van der Waals surface area contributed by atoms with Gasteiger partial charge < -0.3 is 14.6 Å². The number of allylic oxidation sites excluding steroid dienone is 2. The van der Waals surface area contributed by atoms with Gasteiger partial charge in [-0.2, -0.15) is 0 Å². The first-order valence-corrected chi connectivity index (χ1v) is 12.4. The van der Waals surface area contributed by atoms with E-state index in [4.69, 9.17) is 9.52 Å². The van der Waals surface area contributed by atoms with Gasteiger partial charge in [-0.3, -0.25) is 10.1 Å². The summed E-state index contributed by atoms with van der Waals surface area (Å²) in [5.74, 6) is -0.908. The normalized spacial score (nSPS) is 12.7. The second-order valence-corrected chi connectivity index (χ2v) is 9.50. The molecule has 0 aliphatic carbocycles. The van der Waals surface area contributed by atoms with Gasteiger partial charge in [-0.15, -0.1) is 11.3 Å². The molecule has 2 rings (SSSR count). The molecule has 3 N–H and O–H groups in total. The van der Waals surface area contributed by atoms with Gasteiger partial charge in [0, 0.05) is 27.9 Å². The zero-order valence-electron chi connectivity index (χ0n) is 19.9. The van der Waals surface area contributed by atoms with Gasteiger partial charge in [0.25, 0.3) is 0 Å². The highest BCUT2D eigenvalue weighted by Crippen LogP contribution is 2.27. The average molecular weight is 488 g/mol. The molecule has 1 atom stereocenters. The lowest BCUT2D eigenvalue weighted by molar-refractivity contribution is 0.102. The van der Waals surface area contributed by atoms with E-state index >= 15 is 0 Å². The molecule has 184 valence electrons. The van der Waals surface area contributed by atoms with Crippen LogP contribution in [0.4, 0.5) is 4.79 Å². The number of aromatic hydroxyl groups is 1. The summed E-state index contributed by atoms with van der Waals surface area (Å²) < 4.78 is 5.34. The van der Waals surface area contributed by atoms with Crippen LogP contribution in [0, 0.1) is 0 Å². The third kappa shape index (κ3) is 8.33. The number of carboxylic acid groups (broad SMARTS) is 1. The highest BCUT2D eigenvalue weighted by molar-refractivity contribution is 7.12. The summed E-state index contributed by atoms with van der Waals surface area (Å²) in [6, 6.07) is 5.34. The first-order chi connectivity index (χ1) is 16.2. The largest absolute Gasteiger partial charge is 0.507 e. The third-order valence-corrected chi connectivity index (χ3v) is 6.52. The maximum Gasteiger partial charge on any atom is 0.408 e. The summed E-state index contributed by atoms with van der Waals surface area (Å²) in [6.45, 7) is 5.62. The zero-order valence-corrected chi connectivity index (χ0v) is 20.7. The number of unbranched alkanes of at least 4 members (excludes halogenated alkanes) is 3. The van der Waals surface area contributed by atoms with E-state index in [0.717, 1.165) is 17.7 Å². The van der Waals surface area contributed by atoms with Crippen molar-refractivity contribution in [3.05, 3.63) is 67.5 Å². The molecular formula is C26H33NO6S. The smallest absolute Gasteiger partial charge is 0.408 e. The molecule has 0 fully saturated rings. The van der Waals surface area contributed by atoms with Crippen LogP contribution in [-0.2, 0) is 6.42 Å². The van der Waals surface area contributed by atoms with Crippen molar-refractivity contribution in [2.24, 2.45) is 0 Å². The molecule has 2 aromatic rings. The van der Waals surface area contributed by atoms with Crippen molar-refractivity contribution in [3.63, 3.8) is 0 Å². The predicted molar refractivity (Wildman–Crippen MR) is 135 cm³/mol. The molecule has 0 saturated heterocycles. The Bertz CT molecular complexity index is 1090. The van der Waals surface area contributed by atoms with E-state index in [1.807, 2.05) is 13.0 Å². The van der Waals surface area contributed by atoms with Crippen molar-refractivity contribution < 1.29 is 24.2 Å². The molecule has 0 aliphatic heterocycles. The van der Waals surface area contributed by atoms with Crippen LogP contribution in [0.15, 0.2) is 45.3 Å². The molecule has 8 heteroatoms. The minimum Gasteiger partial charge on any atom is -0.507 e. The van der Waals surface area contributed by atoms with E-state index in [-0.39, 0.29) is 17.2 Å². The van der Waals surface area contributed by atoms with Crippen LogP contribution in [0.5, 0.6) is 5.75 Å². The zero-order chi connectivity index (χ0) is 25.1. The quantitative estimate of drug-likeness (QED) is 0.169. The summed E-state index contributed by atoms with van der Waals surface area (Å²) in [5.41, 5.74) is -0.893. The number of thiophene rings is 1. The number of amides is 1. The summed E-state index contributed by atoms with van der Waals surface area (Å²) in [7, 11) is 0. The molecule has 7 nitrogen and oxygen atoms in total. The van der Waals surface area contributed by atoms with Crippen LogP contribution in [0.1, 0.15) is 91.1 Å². The number of aryl methyl sites for hydroxylation is 1. The van der Waals surface area contributed by atoms with E-state index in [9.17, 15) is 19.5 Å². The van der Waals surface area contributed by atoms with Crippen molar-refractivity contribution in [3.8, 4) is 5.75 Å². The molecule has 0 radical (unpaired) electrons. The fraction of sp³-hybridized carbons (Fsp3) is 0.423. The van der Waals surface area contributed by atoms with Crippen molar-refractivity contribution in [1.29, 1.82) is 0 Å². The van der Waals surface area contributed by atoms with Gasteiger partial charge in [-0.05, 0) is 56.4 Å². The van der Waals surface area contributed by atoms with Gasteiger partial charge >= 0.3 is 11.7 Å². The minimum absolute atomic E-state index is 0.212. The van der Waals surface area contributed by atoms with E-state index < -0.39 is 23.3 Å². The van der Waals surface area contributed by atoms with Gasteiger partial charge in [-0.25, -0.2) is 9.59 Å². The van der Waals surface area contributed by atoms with Gasteiger partial charge in [0.2, 0.25) is 0 Å². The van der Waals surface area contributed by atoms with Crippen molar-refractivity contribution in [2.75, 3.05) is 0 Å². The fourth-order valence-electron chi connectivity index (χ4n) is 3.46. The van der Waals surface area contributed by atoms with Crippen LogP contribution in [0.25, 0.3) is 6.08 Å². The van der Waals surface area contributed by atoms with Crippen LogP contribution in [-0.4, -0.2) is 22.1 Å². The predicted octanol–water partition coefficient (Wildman–Crippen LogP) is 6.48. The van der Waals surface area contributed by atoms with Crippen LogP contribution >= 0.6 is 11.3 Å². The van der Waals surface area contributed by atoms with E-state index in [0.29, 0.717) is 18.4 Å². The molecule has 1 unspecified atom stereocenters. The lowest BCUT2D eigenvalue weighted by atomic mass is 10.00. The number of rotatable bonds is 13. The fourth-order valence-corrected chi connectivity index (χ4v) is 4.52. The van der Waals surface area contributed by atoms with Gasteiger partial charge in [0.05, 0.1) is 0 Å². The maximum atomic E-state index is 12.9. The second kappa shape index (κ2) is 13.5. The molecule has 0 aliphatic rings. The SMILES string of the molecule is CCCCCCc1ccc(/C=C(\C)C(=O)c2c(O)cc(C(C)CCC=CNC(=O)O)oc2=O)s1. The van der Waals surface area contributed by atoms with Gasteiger partial charge in [-0.1, -0.05) is 39.2 Å². The maximum absolute atomic E-state index is 12.9. The number of nitrogens with one attached hydrogen (secondary N) is 1. The van der Waals surface area contributed by atoms with Gasteiger partial charge in [0.1, 0.15) is 17.1 Å². The minimum atomic E-state index is -1.15. The van der Waals surface area contributed by atoms with E-state index in [1.165, 1.54) is 36.4 Å². The number of Topliss-reactive ketones (excluding diaryl/α,β-unsaturated/α-hetero) is 1. The van der Waals surface area contributed by atoms with Crippen molar-refractivity contribution in [2.45, 2.75) is 71.6 Å². The molecule has 2 heterocycles. The van der Waals surface area contributed by atoms with Crippen molar-refractivity contribution in [1.82, 2.24) is 5.32 Å². The molecular weight excluding hydrogens is 454 g/mol. The Morgan fingerprint density at radius 3 is 2.68 bits per heavy atom. The Balaban J connectivity index is 2.06. The second-order valence-electron chi connectivity index (χ2n) is 8.30. The average Bonchev–Trinajstić information content (AvgIpc) is 3.22. The summed E-state index contributed by atoms with van der Waals surface area (Å²) in [6.07, 6.45) is 10.5. The lowest BCUT2D eigenvalue weighted by Crippen LogP contribution is -2.16. The molecule has 34 heavy (non-hydrogen) atoms. The Morgan fingerprint density at radius 2 is 2.00 bits per heavy atom. The molecule has 0 aromatic carbocycles. The lowest BCUT2D eigenvalue weighted by Gasteiger charge is -2.11. The molecule has 1 amide bonds. The van der Waals surface area contributed by atoms with Crippen LogP contribution in [0.3, 0.4) is 0 Å². The topological polar surface area (TPSA) is 117 Å². The summed E-state index contributed by atoms with van der Waals surface area (Å²) >= 11 is 1.62. The molecule has 0 saturated carbocycles. The number of carbonyl (C=O) groups is 2. The Labute approximate surface area is 203 Å². The highest BCUT2D eigenvalue weighted by atomic mass is 32.1. The first-order valence-electron chi connectivity index (χ1n) is 11.6.